The molecule has 0 bridgehead atoms. The SMILES string of the molecule is CC(C)(C)C(=O)Oc1cc([C@H]2Oc3cc(OCc4ccccc4)cc(OCc4ccccc4)c3C[C@@H]2O)cc(OC(=O)C(C)(C)C)c1OC(=O)C(C)(C)C. The monoisotopic (exact) mass is 738 g/mol. The van der Waals surface area contributed by atoms with Crippen LogP contribution in [0.3, 0.4) is 0 Å². The highest BCUT2D eigenvalue weighted by Crippen LogP contribution is 2.47. The van der Waals surface area contributed by atoms with Crippen LogP contribution in [-0.2, 0) is 34.0 Å². The lowest BCUT2D eigenvalue weighted by Crippen LogP contribution is -2.32. The fourth-order valence-electron chi connectivity index (χ4n) is 5.18. The van der Waals surface area contributed by atoms with Crippen LogP contribution in [0.4, 0.5) is 0 Å². The van der Waals surface area contributed by atoms with Crippen molar-refractivity contribution in [1.82, 2.24) is 0 Å². The van der Waals surface area contributed by atoms with Crippen LogP contribution in [0.15, 0.2) is 84.9 Å². The van der Waals surface area contributed by atoms with Gasteiger partial charge < -0.3 is 33.5 Å². The highest BCUT2D eigenvalue weighted by molar-refractivity contribution is 5.84. The van der Waals surface area contributed by atoms with Gasteiger partial charge in [0, 0.05) is 29.7 Å². The first-order chi connectivity index (χ1) is 25.3. The first kappa shape index (κ1) is 39.8. The Labute approximate surface area is 317 Å². The summed E-state index contributed by atoms with van der Waals surface area (Å²) in [4.78, 5) is 39.8. The van der Waals surface area contributed by atoms with Crippen molar-refractivity contribution in [3.8, 4) is 34.5 Å². The molecule has 54 heavy (non-hydrogen) atoms. The molecule has 4 aromatic rings. The number of carbonyl (C=O) groups is 3. The van der Waals surface area contributed by atoms with E-state index in [4.69, 9.17) is 28.4 Å². The minimum atomic E-state index is -1.13. The van der Waals surface area contributed by atoms with Crippen molar-refractivity contribution in [2.24, 2.45) is 16.2 Å². The number of ether oxygens (including phenoxy) is 6. The predicted molar refractivity (Wildman–Crippen MR) is 203 cm³/mol. The molecule has 0 aliphatic carbocycles. The van der Waals surface area contributed by atoms with Crippen LogP contribution in [-0.4, -0.2) is 29.1 Å². The quantitative estimate of drug-likeness (QED) is 0.125. The number of carbonyl (C=O) groups excluding carboxylic acids is 3. The third-order valence-electron chi connectivity index (χ3n) is 8.45. The second kappa shape index (κ2) is 15.9. The van der Waals surface area contributed by atoms with Crippen molar-refractivity contribution in [3.63, 3.8) is 0 Å². The van der Waals surface area contributed by atoms with Gasteiger partial charge in [0.15, 0.2) is 17.6 Å². The molecular weight excluding hydrogens is 688 g/mol. The summed E-state index contributed by atoms with van der Waals surface area (Å²) in [5.74, 6) is -1.11. The van der Waals surface area contributed by atoms with Crippen molar-refractivity contribution in [2.75, 3.05) is 0 Å². The van der Waals surface area contributed by atoms with Crippen LogP contribution in [0.2, 0.25) is 0 Å². The topological polar surface area (TPSA) is 127 Å². The lowest BCUT2D eigenvalue weighted by Gasteiger charge is -2.33. The summed E-state index contributed by atoms with van der Waals surface area (Å²) in [6.45, 7) is 15.7. The lowest BCUT2D eigenvalue weighted by atomic mass is 9.93. The first-order valence-electron chi connectivity index (χ1n) is 18.0. The Hall–Kier alpha value is -5.35. The van der Waals surface area contributed by atoms with Crippen LogP contribution in [0.5, 0.6) is 34.5 Å². The number of aliphatic hydroxyl groups is 1. The third-order valence-corrected chi connectivity index (χ3v) is 8.45. The largest absolute Gasteiger partial charge is 0.489 e. The molecule has 0 unspecified atom stereocenters. The van der Waals surface area contributed by atoms with Gasteiger partial charge in [-0.3, -0.25) is 14.4 Å². The van der Waals surface area contributed by atoms with E-state index >= 15 is 0 Å². The number of esters is 3. The second-order valence-corrected chi connectivity index (χ2v) is 16.5. The maximum atomic E-state index is 13.3. The van der Waals surface area contributed by atoms with Crippen molar-refractivity contribution in [1.29, 1.82) is 0 Å². The highest BCUT2D eigenvalue weighted by Gasteiger charge is 2.37. The Morgan fingerprint density at radius 3 is 1.57 bits per heavy atom. The summed E-state index contributed by atoms with van der Waals surface area (Å²) in [5, 5.41) is 11.7. The van der Waals surface area contributed by atoms with Gasteiger partial charge >= 0.3 is 17.9 Å². The standard InChI is InChI=1S/C44H50O10/c1-42(2,3)39(46)52-35-20-29(21-36(53-40(47)43(4,5)6)38(35)54-41(48)44(7,8)9)37-32(45)24-31-33(50-26-28-18-14-11-15-19-28)22-30(23-34(31)51-37)49-25-27-16-12-10-13-17-27/h10-23,32,37,45H,24-26H2,1-9H3/t32-,37+/m0/s1. The molecule has 1 heterocycles. The Morgan fingerprint density at radius 1 is 0.630 bits per heavy atom. The van der Waals surface area contributed by atoms with Crippen molar-refractivity contribution < 1.29 is 47.9 Å². The molecule has 5 rings (SSSR count). The zero-order valence-corrected chi connectivity index (χ0v) is 32.5. The van der Waals surface area contributed by atoms with Crippen molar-refractivity contribution in [3.05, 3.63) is 107 Å². The average Bonchev–Trinajstić information content (AvgIpc) is 3.10. The van der Waals surface area contributed by atoms with Gasteiger partial charge in [-0.1, -0.05) is 60.7 Å². The van der Waals surface area contributed by atoms with E-state index in [2.05, 4.69) is 0 Å². The number of benzene rings is 4. The maximum absolute atomic E-state index is 13.3. The maximum Gasteiger partial charge on any atom is 0.316 e. The van der Waals surface area contributed by atoms with Crippen LogP contribution in [0, 0.1) is 16.2 Å². The van der Waals surface area contributed by atoms with Gasteiger partial charge in [0.1, 0.15) is 30.5 Å². The van der Waals surface area contributed by atoms with E-state index in [-0.39, 0.29) is 30.3 Å². The van der Waals surface area contributed by atoms with Crippen molar-refractivity contribution in [2.45, 2.75) is 94.2 Å². The molecule has 4 aromatic carbocycles. The minimum Gasteiger partial charge on any atom is -0.489 e. The molecule has 1 aliphatic heterocycles. The zero-order chi connectivity index (χ0) is 39.4. The van der Waals surface area contributed by atoms with E-state index in [1.807, 2.05) is 60.7 Å². The number of hydrogen-bond donors (Lipinski definition) is 1. The van der Waals surface area contributed by atoms with Gasteiger partial charge in [0.05, 0.1) is 22.3 Å². The molecule has 286 valence electrons. The molecule has 0 aromatic heterocycles. The Morgan fingerprint density at radius 2 is 1.09 bits per heavy atom. The molecular formula is C44H50O10. The Bertz CT molecular complexity index is 1920. The van der Waals surface area contributed by atoms with E-state index in [0.717, 1.165) is 11.1 Å². The summed E-state index contributed by atoms with van der Waals surface area (Å²) >= 11 is 0. The van der Waals surface area contributed by atoms with Crippen LogP contribution >= 0.6 is 0 Å². The Kier molecular flexibility index (Phi) is 11.8. The van der Waals surface area contributed by atoms with E-state index in [1.165, 1.54) is 12.1 Å². The molecule has 2 atom stereocenters. The zero-order valence-electron chi connectivity index (χ0n) is 32.5. The summed E-state index contributed by atoms with van der Waals surface area (Å²) < 4.78 is 36.6. The van der Waals surface area contributed by atoms with Gasteiger partial charge in [-0.15, -0.1) is 0 Å². The summed E-state index contributed by atoms with van der Waals surface area (Å²) in [6.07, 6.45) is -2.05. The molecule has 0 saturated carbocycles. The molecule has 1 aliphatic rings. The van der Waals surface area contributed by atoms with Gasteiger partial charge in [0.2, 0.25) is 5.75 Å². The molecule has 0 fully saturated rings. The fourth-order valence-corrected chi connectivity index (χ4v) is 5.18. The molecule has 0 saturated heterocycles. The lowest BCUT2D eigenvalue weighted by molar-refractivity contribution is -0.146. The molecule has 0 spiro atoms. The van der Waals surface area contributed by atoms with Gasteiger partial charge in [-0.2, -0.15) is 0 Å². The van der Waals surface area contributed by atoms with Gasteiger partial charge in [0.25, 0.3) is 0 Å². The molecule has 10 nitrogen and oxygen atoms in total. The van der Waals surface area contributed by atoms with E-state index < -0.39 is 46.4 Å². The normalized spacial score (nSPS) is 15.7. The second-order valence-electron chi connectivity index (χ2n) is 16.5. The van der Waals surface area contributed by atoms with E-state index in [1.54, 1.807) is 74.4 Å². The van der Waals surface area contributed by atoms with Crippen LogP contribution in [0.25, 0.3) is 0 Å². The minimum absolute atomic E-state index is 0.123. The summed E-state index contributed by atoms with van der Waals surface area (Å²) in [5.41, 5.74) is 0.0147. The predicted octanol–water partition coefficient (Wildman–Crippen LogP) is 8.74. The molecule has 0 amide bonds. The summed E-state index contributed by atoms with van der Waals surface area (Å²) in [6, 6.07) is 25.9. The van der Waals surface area contributed by atoms with Gasteiger partial charge in [-0.25, -0.2) is 0 Å². The fraction of sp³-hybridized carbons (Fsp3) is 0.386. The van der Waals surface area contributed by atoms with Crippen LogP contribution < -0.4 is 28.4 Å². The molecule has 10 heteroatoms. The first-order valence-corrected chi connectivity index (χ1v) is 18.0. The molecule has 1 N–H and O–H groups in total. The van der Waals surface area contributed by atoms with Crippen LogP contribution in [0.1, 0.15) is 90.7 Å². The Balaban J connectivity index is 1.59. The molecule has 0 radical (unpaired) electrons. The number of aliphatic hydroxyl groups excluding tert-OH is 1. The highest BCUT2D eigenvalue weighted by atomic mass is 16.6. The summed E-state index contributed by atoms with van der Waals surface area (Å²) in [7, 11) is 0. The van der Waals surface area contributed by atoms with E-state index in [0.29, 0.717) is 35.0 Å². The average molecular weight is 739 g/mol. The third kappa shape index (κ3) is 9.99. The number of fused-ring (bicyclic) bond motifs is 1. The van der Waals surface area contributed by atoms with Gasteiger partial charge in [-0.05, 0) is 85.6 Å². The number of rotatable bonds is 10. The van der Waals surface area contributed by atoms with Crippen molar-refractivity contribution >= 4 is 17.9 Å². The number of hydrogen-bond acceptors (Lipinski definition) is 10. The van der Waals surface area contributed by atoms with E-state index in [9.17, 15) is 19.5 Å². The smallest absolute Gasteiger partial charge is 0.316 e.